The van der Waals surface area contributed by atoms with Crippen LogP contribution in [0.5, 0.6) is 0 Å². The Hall–Kier alpha value is -2.54. The Labute approximate surface area is 178 Å². The SMILES string of the molecule is C=C1Nc2ccc(C)c(-c3ccc(C(C)CC)c(C)c3)c2C(/C=C\C)=C1C.CC. The molecule has 0 fully saturated rings. The fourth-order valence-corrected chi connectivity index (χ4v) is 4.05. The van der Waals surface area contributed by atoms with E-state index in [1.165, 1.54) is 50.9 Å². The van der Waals surface area contributed by atoms with E-state index in [1.807, 2.05) is 13.8 Å². The number of aryl methyl sites for hydroxylation is 2. The zero-order chi connectivity index (χ0) is 21.7. The maximum atomic E-state index is 4.20. The van der Waals surface area contributed by atoms with Gasteiger partial charge in [0, 0.05) is 16.9 Å². The predicted octanol–water partition coefficient (Wildman–Crippen LogP) is 8.80. The highest BCUT2D eigenvalue weighted by Crippen LogP contribution is 2.44. The van der Waals surface area contributed by atoms with Gasteiger partial charge >= 0.3 is 0 Å². The molecule has 0 saturated heterocycles. The van der Waals surface area contributed by atoms with Gasteiger partial charge in [-0.05, 0) is 85.1 Å². The quantitative estimate of drug-likeness (QED) is 0.552. The summed E-state index contributed by atoms with van der Waals surface area (Å²) < 4.78 is 0. The highest BCUT2D eigenvalue weighted by Gasteiger charge is 2.22. The predicted molar refractivity (Wildman–Crippen MR) is 132 cm³/mol. The van der Waals surface area contributed by atoms with Crippen molar-refractivity contribution in [3.05, 3.63) is 82.6 Å². The summed E-state index contributed by atoms with van der Waals surface area (Å²) in [7, 11) is 0. The first-order valence-electron chi connectivity index (χ1n) is 10.9. The summed E-state index contributed by atoms with van der Waals surface area (Å²) in [5, 5.41) is 3.50. The second kappa shape index (κ2) is 9.78. The van der Waals surface area contributed by atoms with E-state index in [1.54, 1.807) is 0 Å². The average molecular weight is 388 g/mol. The van der Waals surface area contributed by atoms with E-state index in [0.29, 0.717) is 5.92 Å². The molecule has 1 nitrogen and oxygen atoms in total. The fraction of sp³-hybridized carbons (Fsp3) is 0.357. The lowest BCUT2D eigenvalue weighted by molar-refractivity contribution is 0.728. The van der Waals surface area contributed by atoms with E-state index in [-0.39, 0.29) is 0 Å². The first kappa shape index (κ1) is 22.7. The summed E-state index contributed by atoms with van der Waals surface area (Å²) in [6.45, 7) is 21.4. The number of nitrogens with one attached hydrogen (secondary N) is 1. The number of fused-ring (bicyclic) bond motifs is 1. The molecule has 0 radical (unpaired) electrons. The molecule has 0 aromatic heterocycles. The second-order valence-electron chi connectivity index (χ2n) is 7.70. The third-order valence-electron chi connectivity index (χ3n) is 5.86. The first-order valence-corrected chi connectivity index (χ1v) is 10.9. The topological polar surface area (TPSA) is 12.0 Å². The Bertz CT molecular complexity index is 957. The van der Waals surface area contributed by atoms with Crippen molar-refractivity contribution < 1.29 is 0 Å². The normalized spacial score (nSPS) is 14.3. The molecule has 1 N–H and O–H groups in total. The summed E-state index contributed by atoms with van der Waals surface area (Å²) in [5.41, 5.74) is 12.6. The molecule has 1 heteroatoms. The van der Waals surface area contributed by atoms with Crippen molar-refractivity contribution in [3.8, 4) is 11.1 Å². The van der Waals surface area contributed by atoms with Gasteiger partial charge in [0.2, 0.25) is 0 Å². The molecular formula is C28H37N. The molecule has 1 atom stereocenters. The molecule has 29 heavy (non-hydrogen) atoms. The minimum Gasteiger partial charge on any atom is -0.355 e. The standard InChI is InChI=1S/C26H31N.C2H6/c1-8-10-23-19(6)20(7)27-24-14-11-17(4)25(26(23)24)21-12-13-22(16(3)9-2)18(5)15-21;1-2/h8,10-16,27H,7,9H2,1-6H3;1-2H3/b10-8-;. The van der Waals surface area contributed by atoms with Crippen LogP contribution in [0.2, 0.25) is 0 Å². The van der Waals surface area contributed by atoms with E-state index in [0.717, 1.165) is 11.4 Å². The van der Waals surface area contributed by atoms with Gasteiger partial charge in [-0.25, -0.2) is 0 Å². The molecule has 0 saturated carbocycles. The monoisotopic (exact) mass is 387 g/mol. The van der Waals surface area contributed by atoms with Crippen LogP contribution in [0.1, 0.15) is 76.1 Å². The summed E-state index contributed by atoms with van der Waals surface area (Å²) in [6, 6.07) is 11.4. The van der Waals surface area contributed by atoms with Crippen LogP contribution in [-0.4, -0.2) is 0 Å². The highest BCUT2D eigenvalue weighted by atomic mass is 14.9. The summed E-state index contributed by atoms with van der Waals surface area (Å²) in [6.07, 6.45) is 5.49. The van der Waals surface area contributed by atoms with Gasteiger partial charge in [-0.2, -0.15) is 0 Å². The smallest absolute Gasteiger partial charge is 0.0470 e. The number of benzene rings is 2. The van der Waals surface area contributed by atoms with Gasteiger partial charge in [0.15, 0.2) is 0 Å². The Balaban J connectivity index is 0.00000145. The van der Waals surface area contributed by atoms with Crippen LogP contribution < -0.4 is 5.32 Å². The molecule has 0 aliphatic carbocycles. The largest absolute Gasteiger partial charge is 0.355 e. The van der Waals surface area contributed by atoms with Crippen molar-refractivity contribution in [2.75, 3.05) is 5.32 Å². The minimum atomic E-state index is 0.593. The van der Waals surface area contributed by atoms with E-state index >= 15 is 0 Å². The highest BCUT2D eigenvalue weighted by molar-refractivity contribution is 5.98. The molecule has 1 heterocycles. The maximum Gasteiger partial charge on any atom is 0.0470 e. The van der Waals surface area contributed by atoms with Crippen LogP contribution in [0, 0.1) is 13.8 Å². The number of anilines is 1. The molecule has 2 aromatic rings. The lowest BCUT2D eigenvalue weighted by atomic mass is 9.83. The summed E-state index contributed by atoms with van der Waals surface area (Å²) in [4.78, 5) is 0. The molecular weight excluding hydrogens is 350 g/mol. The van der Waals surface area contributed by atoms with E-state index in [4.69, 9.17) is 0 Å². The van der Waals surface area contributed by atoms with Gasteiger partial charge in [-0.3, -0.25) is 0 Å². The zero-order valence-electron chi connectivity index (χ0n) is 19.5. The van der Waals surface area contributed by atoms with Gasteiger partial charge in [0.1, 0.15) is 0 Å². The van der Waals surface area contributed by atoms with E-state index in [9.17, 15) is 0 Å². The Morgan fingerprint density at radius 1 is 1.00 bits per heavy atom. The van der Waals surface area contributed by atoms with Crippen LogP contribution in [-0.2, 0) is 0 Å². The van der Waals surface area contributed by atoms with Gasteiger partial charge in [0.25, 0.3) is 0 Å². The number of hydrogen-bond donors (Lipinski definition) is 1. The Morgan fingerprint density at radius 3 is 2.28 bits per heavy atom. The van der Waals surface area contributed by atoms with Crippen LogP contribution in [0.15, 0.2) is 60.3 Å². The van der Waals surface area contributed by atoms with Gasteiger partial charge in [-0.1, -0.05) is 70.7 Å². The second-order valence-corrected chi connectivity index (χ2v) is 7.70. The van der Waals surface area contributed by atoms with Crippen molar-refractivity contribution >= 4 is 11.3 Å². The van der Waals surface area contributed by atoms with Crippen LogP contribution in [0.3, 0.4) is 0 Å². The molecule has 0 bridgehead atoms. The van der Waals surface area contributed by atoms with Crippen molar-refractivity contribution in [1.29, 1.82) is 0 Å². The first-order chi connectivity index (χ1) is 13.9. The summed E-state index contributed by atoms with van der Waals surface area (Å²) in [5.74, 6) is 0.593. The van der Waals surface area contributed by atoms with Crippen molar-refractivity contribution in [2.24, 2.45) is 0 Å². The molecule has 1 unspecified atom stereocenters. The fourth-order valence-electron chi connectivity index (χ4n) is 4.05. The van der Waals surface area contributed by atoms with Crippen molar-refractivity contribution in [2.45, 2.75) is 67.7 Å². The van der Waals surface area contributed by atoms with E-state index in [2.05, 4.69) is 95.9 Å². The average Bonchev–Trinajstić information content (AvgIpc) is 2.72. The zero-order valence-corrected chi connectivity index (χ0v) is 19.5. The Morgan fingerprint density at radius 2 is 1.69 bits per heavy atom. The molecule has 3 rings (SSSR count). The van der Waals surface area contributed by atoms with Gasteiger partial charge in [0.05, 0.1) is 0 Å². The third-order valence-corrected chi connectivity index (χ3v) is 5.86. The lowest BCUT2D eigenvalue weighted by Crippen LogP contribution is -2.11. The molecule has 1 aliphatic heterocycles. The lowest BCUT2D eigenvalue weighted by Gasteiger charge is -2.27. The van der Waals surface area contributed by atoms with Crippen molar-refractivity contribution in [3.63, 3.8) is 0 Å². The minimum absolute atomic E-state index is 0.593. The maximum absolute atomic E-state index is 4.20. The van der Waals surface area contributed by atoms with Crippen LogP contribution in [0.4, 0.5) is 5.69 Å². The number of rotatable bonds is 4. The van der Waals surface area contributed by atoms with Gasteiger partial charge in [-0.15, -0.1) is 0 Å². The van der Waals surface area contributed by atoms with E-state index < -0.39 is 0 Å². The van der Waals surface area contributed by atoms with Crippen LogP contribution >= 0.6 is 0 Å². The summed E-state index contributed by atoms with van der Waals surface area (Å²) >= 11 is 0. The van der Waals surface area contributed by atoms with Crippen molar-refractivity contribution in [1.82, 2.24) is 0 Å². The van der Waals surface area contributed by atoms with Crippen LogP contribution in [0.25, 0.3) is 16.7 Å². The third kappa shape index (κ3) is 4.40. The number of hydrogen-bond acceptors (Lipinski definition) is 1. The number of allylic oxidation sites excluding steroid dienone is 4. The molecule has 0 spiro atoms. The molecule has 2 aromatic carbocycles. The Kier molecular flexibility index (Phi) is 7.67. The molecule has 1 aliphatic rings. The molecule has 154 valence electrons. The molecule has 0 amide bonds. The van der Waals surface area contributed by atoms with Gasteiger partial charge < -0.3 is 5.32 Å².